The smallest absolute Gasteiger partial charge is 0.225 e. The number of nitrogens with zero attached hydrogens (tertiary/aromatic N) is 1. The molecular formula is C18H21NO. The van der Waals surface area contributed by atoms with Gasteiger partial charge < -0.3 is 4.90 Å². The maximum atomic E-state index is 11.9. The molecule has 0 N–H and O–H groups in total. The van der Waals surface area contributed by atoms with Crippen LogP contribution in [0.3, 0.4) is 0 Å². The number of hydrogen-bond donors (Lipinski definition) is 0. The van der Waals surface area contributed by atoms with Gasteiger partial charge in [-0.05, 0) is 23.1 Å². The van der Waals surface area contributed by atoms with E-state index in [2.05, 4.69) is 36.4 Å². The first-order valence-electron chi connectivity index (χ1n) is 6.93. The third-order valence-corrected chi connectivity index (χ3v) is 3.47. The van der Waals surface area contributed by atoms with E-state index in [-0.39, 0.29) is 11.8 Å². The molecule has 2 nitrogen and oxygen atoms in total. The molecule has 0 unspecified atom stereocenters. The minimum absolute atomic E-state index is 0.0209. The molecule has 2 rings (SSSR count). The molecule has 0 spiro atoms. The summed E-state index contributed by atoms with van der Waals surface area (Å²) in [5.41, 5.74) is 3.63. The van der Waals surface area contributed by atoms with E-state index in [1.807, 2.05) is 25.1 Å². The molecule has 2 heteroatoms. The molecule has 2 aromatic rings. The fourth-order valence-electron chi connectivity index (χ4n) is 2.35. The molecule has 0 aromatic heterocycles. The highest BCUT2D eigenvalue weighted by Gasteiger charge is 2.15. The quantitative estimate of drug-likeness (QED) is 0.828. The molecule has 0 bridgehead atoms. The van der Waals surface area contributed by atoms with Gasteiger partial charge in [0, 0.05) is 20.0 Å². The molecule has 0 fully saturated rings. The second-order valence-electron chi connectivity index (χ2n) is 5.40. The summed E-state index contributed by atoms with van der Waals surface area (Å²) in [6.07, 6.45) is 0.784. The third kappa shape index (κ3) is 3.47. The predicted octanol–water partition coefficient (Wildman–Crippen LogP) is 3.62. The first kappa shape index (κ1) is 14.3. The zero-order chi connectivity index (χ0) is 14.5. The van der Waals surface area contributed by atoms with Crippen LogP contribution in [-0.2, 0) is 11.2 Å². The fraction of sp³-hybridized carbons (Fsp3) is 0.278. The molecule has 2 aromatic carbocycles. The molecule has 0 aliphatic rings. The molecule has 0 aliphatic heterocycles. The molecule has 0 radical (unpaired) electrons. The highest BCUT2D eigenvalue weighted by molar-refractivity contribution is 5.78. The summed E-state index contributed by atoms with van der Waals surface area (Å²) >= 11 is 0. The lowest BCUT2D eigenvalue weighted by molar-refractivity contribution is -0.132. The van der Waals surface area contributed by atoms with Crippen molar-refractivity contribution in [2.45, 2.75) is 13.3 Å². The summed E-state index contributed by atoms with van der Waals surface area (Å²) in [6.45, 7) is 1.98. The maximum absolute atomic E-state index is 11.9. The normalized spacial score (nSPS) is 11.9. The standard InChI is InChI=1S/C18H21NO/c1-14(18(20)19(2)3)13-15-9-11-17(12-10-15)16-7-5-4-6-8-16/h4-12,14H,13H2,1-3H3/t14-/m0/s1. The van der Waals surface area contributed by atoms with Crippen molar-refractivity contribution >= 4 is 5.91 Å². The van der Waals surface area contributed by atoms with Gasteiger partial charge in [-0.25, -0.2) is 0 Å². The lowest BCUT2D eigenvalue weighted by Gasteiger charge is -2.16. The van der Waals surface area contributed by atoms with E-state index in [0.29, 0.717) is 0 Å². The Balaban J connectivity index is 2.07. The topological polar surface area (TPSA) is 20.3 Å². The Morgan fingerprint density at radius 2 is 1.50 bits per heavy atom. The number of benzene rings is 2. The van der Waals surface area contributed by atoms with Crippen LogP contribution in [0.2, 0.25) is 0 Å². The van der Waals surface area contributed by atoms with Crippen LogP contribution >= 0.6 is 0 Å². The second-order valence-corrected chi connectivity index (χ2v) is 5.40. The molecule has 0 saturated heterocycles. The average Bonchev–Trinajstić information content (AvgIpc) is 2.48. The van der Waals surface area contributed by atoms with Crippen molar-refractivity contribution in [1.29, 1.82) is 0 Å². The van der Waals surface area contributed by atoms with Crippen molar-refractivity contribution in [2.24, 2.45) is 5.92 Å². The summed E-state index contributed by atoms with van der Waals surface area (Å²) in [5, 5.41) is 0. The number of rotatable bonds is 4. The molecule has 1 atom stereocenters. The monoisotopic (exact) mass is 267 g/mol. The number of hydrogen-bond acceptors (Lipinski definition) is 1. The minimum Gasteiger partial charge on any atom is -0.349 e. The molecule has 0 aliphatic carbocycles. The zero-order valence-electron chi connectivity index (χ0n) is 12.3. The third-order valence-electron chi connectivity index (χ3n) is 3.47. The summed E-state index contributed by atoms with van der Waals surface area (Å²) in [4.78, 5) is 13.5. The molecule has 20 heavy (non-hydrogen) atoms. The van der Waals surface area contributed by atoms with Gasteiger partial charge in [0.25, 0.3) is 0 Å². The van der Waals surface area contributed by atoms with E-state index in [9.17, 15) is 4.79 Å². The van der Waals surface area contributed by atoms with Crippen molar-refractivity contribution < 1.29 is 4.79 Å². The van der Waals surface area contributed by atoms with Gasteiger partial charge in [0.05, 0.1) is 0 Å². The van der Waals surface area contributed by atoms with Crippen LogP contribution in [0.25, 0.3) is 11.1 Å². The van der Waals surface area contributed by atoms with Crippen molar-refractivity contribution in [3.8, 4) is 11.1 Å². The molecular weight excluding hydrogens is 246 g/mol. The SMILES string of the molecule is C[C@@H](Cc1ccc(-c2ccccc2)cc1)C(=O)N(C)C. The van der Waals surface area contributed by atoms with Crippen LogP contribution in [0.5, 0.6) is 0 Å². The van der Waals surface area contributed by atoms with Crippen LogP contribution in [-0.4, -0.2) is 24.9 Å². The first-order chi connectivity index (χ1) is 9.58. The van der Waals surface area contributed by atoms with Crippen molar-refractivity contribution in [3.05, 3.63) is 60.2 Å². The second kappa shape index (κ2) is 6.38. The van der Waals surface area contributed by atoms with E-state index in [4.69, 9.17) is 0 Å². The van der Waals surface area contributed by atoms with E-state index < -0.39 is 0 Å². The summed E-state index contributed by atoms with van der Waals surface area (Å²) in [6, 6.07) is 18.8. The number of amides is 1. The van der Waals surface area contributed by atoms with Crippen molar-refractivity contribution in [2.75, 3.05) is 14.1 Å². The predicted molar refractivity (Wildman–Crippen MR) is 83.4 cm³/mol. The Morgan fingerprint density at radius 3 is 2.05 bits per heavy atom. The highest BCUT2D eigenvalue weighted by Crippen LogP contribution is 2.20. The minimum atomic E-state index is 0.0209. The maximum Gasteiger partial charge on any atom is 0.225 e. The van der Waals surface area contributed by atoms with Crippen LogP contribution < -0.4 is 0 Å². The van der Waals surface area contributed by atoms with Crippen molar-refractivity contribution in [1.82, 2.24) is 4.90 Å². The molecule has 0 saturated carbocycles. The van der Waals surface area contributed by atoms with Gasteiger partial charge >= 0.3 is 0 Å². The summed E-state index contributed by atoms with van der Waals surface area (Å²) in [7, 11) is 3.61. The Morgan fingerprint density at radius 1 is 0.950 bits per heavy atom. The van der Waals surface area contributed by atoms with Crippen LogP contribution in [0.4, 0.5) is 0 Å². The Hall–Kier alpha value is -2.09. The first-order valence-corrected chi connectivity index (χ1v) is 6.93. The van der Waals surface area contributed by atoms with E-state index >= 15 is 0 Å². The van der Waals surface area contributed by atoms with E-state index in [0.717, 1.165) is 6.42 Å². The Labute approximate surface area is 121 Å². The van der Waals surface area contributed by atoms with Gasteiger partial charge in [0.2, 0.25) is 5.91 Å². The Kier molecular flexibility index (Phi) is 4.57. The Bertz CT molecular complexity index is 558. The largest absolute Gasteiger partial charge is 0.349 e. The van der Waals surface area contributed by atoms with Crippen LogP contribution in [0, 0.1) is 5.92 Å². The number of carbonyl (C=O) groups is 1. The lowest BCUT2D eigenvalue weighted by atomic mass is 9.97. The molecule has 0 heterocycles. The van der Waals surface area contributed by atoms with Gasteiger partial charge in [0.1, 0.15) is 0 Å². The van der Waals surface area contributed by atoms with Gasteiger partial charge in [-0.15, -0.1) is 0 Å². The zero-order valence-corrected chi connectivity index (χ0v) is 12.3. The fourth-order valence-corrected chi connectivity index (χ4v) is 2.35. The van der Waals surface area contributed by atoms with E-state index in [1.54, 1.807) is 19.0 Å². The number of carbonyl (C=O) groups excluding carboxylic acids is 1. The van der Waals surface area contributed by atoms with Crippen molar-refractivity contribution in [3.63, 3.8) is 0 Å². The van der Waals surface area contributed by atoms with E-state index in [1.165, 1.54) is 16.7 Å². The summed E-state index contributed by atoms with van der Waals surface area (Å²) in [5.74, 6) is 0.199. The van der Waals surface area contributed by atoms with Gasteiger partial charge in [-0.2, -0.15) is 0 Å². The van der Waals surface area contributed by atoms with Crippen LogP contribution in [0.1, 0.15) is 12.5 Å². The van der Waals surface area contributed by atoms with Crippen LogP contribution in [0.15, 0.2) is 54.6 Å². The lowest BCUT2D eigenvalue weighted by Crippen LogP contribution is -2.29. The average molecular weight is 267 g/mol. The van der Waals surface area contributed by atoms with Gasteiger partial charge in [-0.1, -0.05) is 61.5 Å². The summed E-state index contributed by atoms with van der Waals surface area (Å²) < 4.78 is 0. The van der Waals surface area contributed by atoms with Gasteiger partial charge in [-0.3, -0.25) is 4.79 Å². The van der Waals surface area contributed by atoms with Gasteiger partial charge in [0.15, 0.2) is 0 Å². The highest BCUT2D eigenvalue weighted by atomic mass is 16.2. The molecule has 1 amide bonds. The molecule has 104 valence electrons.